The van der Waals surface area contributed by atoms with Crippen molar-refractivity contribution in [3.05, 3.63) is 35.4 Å². The molecular formula is C18H31NS. The second-order valence-electron chi connectivity index (χ2n) is 5.83. The highest BCUT2D eigenvalue weighted by atomic mass is 32.2. The molecule has 0 aliphatic rings. The van der Waals surface area contributed by atoms with Gasteiger partial charge in [0.15, 0.2) is 0 Å². The molecule has 0 fully saturated rings. The third kappa shape index (κ3) is 6.81. The maximum Gasteiger partial charge on any atom is 0.0198 e. The number of nitrogens with one attached hydrogen (secondary N) is 1. The molecule has 1 N–H and O–H groups in total. The van der Waals surface area contributed by atoms with Crippen molar-refractivity contribution in [3.63, 3.8) is 0 Å². The maximum absolute atomic E-state index is 3.69. The number of hydrogen-bond donors (Lipinski definition) is 1. The minimum atomic E-state index is 0.608. The fourth-order valence-electron chi connectivity index (χ4n) is 2.23. The van der Waals surface area contributed by atoms with Gasteiger partial charge in [-0.15, -0.1) is 0 Å². The van der Waals surface area contributed by atoms with Crippen molar-refractivity contribution >= 4 is 11.8 Å². The maximum atomic E-state index is 3.69. The van der Waals surface area contributed by atoms with Crippen molar-refractivity contribution < 1.29 is 0 Å². The summed E-state index contributed by atoms with van der Waals surface area (Å²) in [4.78, 5) is 0. The van der Waals surface area contributed by atoms with Gasteiger partial charge in [-0.2, -0.15) is 11.8 Å². The van der Waals surface area contributed by atoms with Gasteiger partial charge in [0.2, 0.25) is 0 Å². The molecule has 0 heterocycles. The van der Waals surface area contributed by atoms with Crippen LogP contribution in [0.4, 0.5) is 0 Å². The largest absolute Gasteiger partial charge is 0.313 e. The molecule has 1 unspecified atom stereocenters. The molecule has 114 valence electrons. The van der Waals surface area contributed by atoms with E-state index < -0.39 is 0 Å². The Bertz CT molecular complexity index is 345. The Morgan fingerprint density at radius 1 is 1.05 bits per heavy atom. The minimum Gasteiger partial charge on any atom is -0.313 e. The van der Waals surface area contributed by atoms with E-state index in [0.717, 1.165) is 13.0 Å². The van der Waals surface area contributed by atoms with Crippen LogP contribution < -0.4 is 5.32 Å². The first-order valence-electron chi connectivity index (χ1n) is 8.07. The zero-order valence-electron chi connectivity index (χ0n) is 13.6. The van der Waals surface area contributed by atoms with E-state index in [9.17, 15) is 0 Å². The van der Waals surface area contributed by atoms with Crippen LogP contribution in [0.2, 0.25) is 0 Å². The van der Waals surface area contributed by atoms with Gasteiger partial charge in [-0.3, -0.25) is 0 Å². The molecule has 0 saturated carbocycles. The lowest BCUT2D eigenvalue weighted by Crippen LogP contribution is -2.34. The van der Waals surface area contributed by atoms with E-state index in [4.69, 9.17) is 0 Å². The summed E-state index contributed by atoms with van der Waals surface area (Å²) in [6.45, 7) is 10.1. The van der Waals surface area contributed by atoms with Gasteiger partial charge in [0.25, 0.3) is 0 Å². The van der Waals surface area contributed by atoms with Crippen LogP contribution in [0.15, 0.2) is 24.3 Å². The topological polar surface area (TPSA) is 12.0 Å². The lowest BCUT2D eigenvalue weighted by Gasteiger charge is -2.18. The van der Waals surface area contributed by atoms with Crippen LogP contribution in [0.3, 0.4) is 0 Å². The van der Waals surface area contributed by atoms with Gasteiger partial charge in [0.1, 0.15) is 0 Å². The van der Waals surface area contributed by atoms with Gasteiger partial charge in [-0.05, 0) is 48.6 Å². The van der Waals surface area contributed by atoms with Gasteiger partial charge in [-0.25, -0.2) is 0 Å². The molecule has 0 saturated heterocycles. The van der Waals surface area contributed by atoms with E-state index in [1.54, 1.807) is 0 Å². The van der Waals surface area contributed by atoms with Gasteiger partial charge < -0.3 is 5.32 Å². The summed E-state index contributed by atoms with van der Waals surface area (Å²) in [5.41, 5.74) is 2.90. The molecule has 0 amide bonds. The zero-order chi connectivity index (χ0) is 14.8. The van der Waals surface area contributed by atoms with Crippen LogP contribution in [-0.4, -0.2) is 24.1 Å². The monoisotopic (exact) mass is 293 g/mol. The summed E-state index contributed by atoms with van der Waals surface area (Å²) in [7, 11) is 0. The van der Waals surface area contributed by atoms with Crippen LogP contribution in [0.25, 0.3) is 0 Å². The normalized spacial score (nSPS) is 12.8. The van der Waals surface area contributed by atoms with Crippen LogP contribution in [0.1, 0.15) is 57.6 Å². The molecular weight excluding hydrogens is 262 g/mol. The Morgan fingerprint density at radius 3 is 2.30 bits per heavy atom. The van der Waals surface area contributed by atoms with Crippen LogP contribution >= 0.6 is 11.8 Å². The Hall–Kier alpha value is -0.470. The second kappa shape index (κ2) is 10.3. The van der Waals surface area contributed by atoms with Crippen molar-refractivity contribution in [2.24, 2.45) is 0 Å². The van der Waals surface area contributed by atoms with E-state index in [2.05, 4.69) is 69.0 Å². The predicted molar refractivity (Wildman–Crippen MR) is 93.9 cm³/mol. The summed E-state index contributed by atoms with van der Waals surface area (Å²) in [5.74, 6) is 3.12. The molecule has 1 aromatic rings. The SMILES string of the molecule is CCCNC(CSCCC)Cc1ccc(C(C)C)cc1. The fraction of sp³-hybridized carbons (Fsp3) is 0.667. The summed E-state index contributed by atoms with van der Waals surface area (Å²) in [6, 6.07) is 9.80. The first kappa shape index (κ1) is 17.6. The van der Waals surface area contributed by atoms with Crippen molar-refractivity contribution in [1.82, 2.24) is 5.32 Å². The molecule has 1 nitrogen and oxygen atoms in total. The van der Waals surface area contributed by atoms with Crippen molar-refractivity contribution in [3.8, 4) is 0 Å². The van der Waals surface area contributed by atoms with Gasteiger partial charge in [0, 0.05) is 11.8 Å². The quantitative estimate of drug-likeness (QED) is 0.618. The standard InChI is InChI=1S/C18H31NS/c1-5-11-19-18(14-20-12-6-2)13-16-7-9-17(10-8-16)15(3)4/h7-10,15,18-19H,5-6,11-14H2,1-4H3. The molecule has 1 atom stereocenters. The van der Waals surface area contributed by atoms with E-state index in [1.807, 2.05) is 0 Å². The Balaban J connectivity index is 2.53. The highest BCUT2D eigenvalue weighted by Gasteiger charge is 2.09. The summed E-state index contributed by atoms with van der Waals surface area (Å²) in [5, 5.41) is 3.69. The van der Waals surface area contributed by atoms with E-state index in [1.165, 1.54) is 35.5 Å². The number of hydrogen-bond acceptors (Lipinski definition) is 2. The van der Waals surface area contributed by atoms with E-state index in [0.29, 0.717) is 12.0 Å². The minimum absolute atomic E-state index is 0.608. The lowest BCUT2D eigenvalue weighted by molar-refractivity contribution is 0.550. The predicted octanol–water partition coefficient (Wildman–Crippen LogP) is 4.86. The van der Waals surface area contributed by atoms with Gasteiger partial charge >= 0.3 is 0 Å². The molecule has 20 heavy (non-hydrogen) atoms. The van der Waals surface area contributed by atoms with Crippen molar-refractivity contribution in [2.75, 3.05) is 18.1 Å². The fourth-order valence-corrected chi connectivity index (χ4v) is 3.21. The first-order valence-corrected chi connectivity index (χ1v) is 9.22. The molecule has 0 bridgehead atoms. The third-order valence-corrected chi connectivity index (χ3v) is 4.81. The molecule has 1 aromatic carbocycles. The highest BCUT2D eigenvalue weighted by Crippen LogP contribution is 2.16. The molecule has 0 radical (unpaired) electrons. The zero-order valence-corrected chi connectivity index (χ0v) is 14.4. The molecule has 1 rings (SSSR count). The molecule has 0 aliphatic heterocycles. The Kier molecular flexibility index (Phi) is 9.04. The van der Waals surface area contributed by atoms with Crippen molar-refractivity contribution in [1.29, 1.82) is 0 Å². The molecule has 0 spiro atoms. The number of thioether (sulfide) groups is 1. The van der Waals surface area contributed by atoms with Crippen LogP contribution in [0.5, 0.6) is 0 Å². The lowest BCUT2D eigenvalue weighted by atomic mass is 9.99. The molecule has 0 aliphatic carbocycles. The van der Waals surface area contributed by atoms with E-state index in [-0.39, 0.29) is 0 Å². The highest BCUT2D eigenvalue weighted by molar-refractivity contribution is 7.99. The first-order chi connectivity index (χ1) is 9.67. The van der Waals surface area contributed by atoms with Crippen LogP contribution in [-0.2, 0) is 6.42 Å². The molecule has 0 aromatic heterocycles. The molecule has 2 heteroatoms. The summed E-state index contributed by atoms with van der Waals surface area (Å²) >= 11 is 2.08. The summed E-state index contributed by atoms with van der Waals surface area (Å²) in [6.07, 6.45) is 3.63. The average molecular weight is 294 g/mol. The summed E-state index contributed by atoms with van der Waals surface area (Å²) < 4.78 is 0. The second-order valence-corrected chi connectivity index (χ2v) is 6.98. The number of benzene rings is 1. The van der Waals surface area contributed by atoms with Gasteiger partial charge in [-0.1, -0.05) is 52.0 Å². The smallest absolute Gasteiger partial charge is 0.0198 e. The Labute approximate surface area is 129 Å². The van der Waals surface area contributed by atoms with Crippen LogP contribution in [0, 0.1) is 0 Å². The van der Waals surface area contributed by atoms with Crippen molar-refractivity contribution in [2.45, 2.75) is 58.9 Å². The average Bonchev–Trinajstić information content (AvgIpc) is 2.45. The van der Waals surface area contributed by atoms with E-state index >= 15 is 0 Å². The third-order valence-electron chi connectivity index (χ3n) is 3.48. The van der Waals surface area contributed by atoms with Gasteiger partial charge in [0.05, 0.1) is 0 Å². The number of rotatable bonds is 10. The Morgan fingerprint density at radius 2 is 1.75 bits per heavy atom.